The Balaban J connectivity index is 0.00000264. The third kappa shape index (κ3) is 5.84. The van der Waals surface area contributed by atoms with Gasteiger partial charge in [0.25, 0.3) is 5.91 Å². The van der Waals surface area contributed by atoms with Crippen LogP contribution in [0.1, 0.15) is 42.1 Å². The highest BCUT2D eigenvalue weighted by atomic mass is 35.5. The topological polar surface area (TPSA) is 70.2 Å². The van der Waals surface area contributed by atoms with Gasteiger partial charge in [0.15, 0.2) is 0 Å². The summed E-state index contributed by atoms with van der Waals surface area (Å²) in [6.07, 6.45) is 2.68. The molecule has 128 valence electrons. The summed E-state index contributed by atoms with van der Waals surface area (Å²) >= 11 is 0. The van der Waals surface area contributed by atoms with Gasteiger partial charge in [-0.25, -0.2) is 0 Å². The van der Waals surface area contributed by atoms with E-state index >= 15 is 0 Å². The van der Waals surface area contributed by atoms with E-state index < -0.39 is 0 Å². The largest absolute Gasteiger partial charge is 0.352 e. The number of aryl methyl sites for hydroxylation is 1. The molecule has 3 N–H and O–H groups in total. The highest BCUT2D eigenvalue weighted by Gasteiger charge is 2.17. The molecule has 1 aromatic carbocycles. The number of hydrogen-bond acceptors (Lipinski definition) is 3. The molecule has 0 unspecified atom stereocenters. The van der Waals surface area contributed by atoms with Gasteiger partial charge in [-0.3, -0.25) is 9.59 Å². The van der Waals surface area contributed by atoms with Gasteiger partial charge in [0, 0.05) is 24.2 Å². The zero-order valence-corrected chi connectivity index (χ0v) is 14.6. The molecule has 1 aliphatic rings. The Labute approximate surface area is 144 Å². The van der Waals surface area contributed by atoms with E-state index in [-0.39, 0.29) is 24.2 Å². The second kappa shape index (κ2) is 9.53. The second-order valence-electron chi connectivity index (χ2n) is 5.83. The number of benzene rings is 1. The zero-order chi connectivity index (χ0) is 15.9. The van der Waals surface area contributed by atoms with Crippen LogP contribution in [0.4, 0.5) is 5.69 Å². The molecular formula is C17H26ClN3O2. The second-order valence-corrected chi connectivity index (χ2v) is 5.83. The number of rotatable bonds is 5. The van der Waals surface area contributed by atoms with Crippen LogP contribution < -0.4 is 16.0 Å². The lowest BCUT2D eigenvalue weighted by atomic mass is 9.94. The number of carbonyl (C=O) groups is 2. The van der Waals surface area contributed by atoms with Crippen LogP contribution >= 0.6 is 12.4 Å². The molecule has 5 nitrogen and oxygen atoms in total. The molecule has 2 amide bonds. The average molecular weight is 340 g/mol. The number of nitrogens with one attached hydrogen (secondary N) is 3. The maximum absolute atomic E-state index is 12.1. The van der Waals surface area contributed by atoms with Gasteiger partial charge in [0.2, 0.25) is 5.91 Å². The molecule has 0 bridgehead atoms. The highest BCUT2D eigenvalue weighted by Crippen LogP contribution is 2.20. The van der Waals surface area contributed by atoms with Gasteiger partial charge in [0.1, 0.15) is 0 Å². The summed E-state index contributed by atoms with van der Waals surface area (Å²) in [6.45, 7) is 6.39. The minimum atomic E-state index is -0.0850. The zero-order valence-electron chi connectivity index (χ0n) is 13.8. The molecule has 1 saturated heterocycles. The smallest absolute Gasteiger partial charge is 0.251 e. The molecular weight excluding hydrogens is 314 g/mol. The molecule has 1 heterocycles. The molecule has 0 aromatic heterocycles. The Morgan fingerprint density at radius 3 is 2.57 bits per heavy atom. The van der Waals surface area contributed by atoms with Crippen LogP contribution in [-0.2, 0) is 4.79 Å². The van der Waals surface area contributed by atoms with E-state index in [1.807, 2.05) is 19.9 Å². The summed E-state index contributed by atoms with van der Waals surface area (Å²) in [5, 5.41) is 9.04. The number of carbonyl (C=O) groups excluding carboxylic acids is 2. The standard InChI is InChI=1S/C17H25N3O2.ClH/c1-3-19-17(22)14-4-5-15(12(2)10-14)20-16(21)11-13-6-8-18-9-7-13;/h4-5,10,13,18H,3,6-9,11H2,1-2H3,(H,19,22)(H,20,21);1H. The van der Waals surface area contributed by atoms with Crippen molar-refractivity contribution in [3.8, 4) is 0 Å². The van der Waals surface area contributed by atoms with Gasteiger partial charge in [-0.1, -0.05) is 0 Å². The minimum Gasteiger partial charge on any atom is -0.352 e. The Morgan fingerprint density at radius 1 is 1.26 bits per heavy atom. The normalized spacial score (nSPS) is 14.7. The number of halogens is 1. The van der Waals surface area contributed by atoms with Gasteiger partial charge in [0.05, 0.1) is 0 Å². The Kier molecular flexibility index (Phi) is 8.06. The molecule has 6 heteroatoms. The van der Waals surface area contributed by atoms with Crippen molar-refractivity contribution < 1.29 is 9.59 Å². The third-order valence-corrected chi connectivity index (χ3v) is 4.03. The molecule has 0 atom stereocenters. The molecule has 1 aliphatic heterocycles. The fourth-order valence-electron chi connectivity index (χ4n) is 2.76. The predicted octanol–water partition coefficient (Wildman–Crippen LogP) is 2.49. The number of piperidine rings is 1. The Hall–Kier alpha value is -1.59. The molecule has 0 saturated carbocycles. The monoisotopic (exact) mass is 339 g/mol. The van der Waals surface area contributed by atoms with Crippen molar-refractivity contribution in [2.75, 3.05) is 25.0 Å². The fourth-order valence-corrected chi connectivity index (χ4v) is 2.76. The minimum absolute atomic E-state index is 0. The summed E-state index contributed by atoms with van der Waals surface area (Å²) in [5.41, 5.74) is 2.31. The number of amides is 2. The van der Waals surface area contributed by atoms with Gasteiger partial charge >= 0.3 is 0 Å². The summed E-state index contributed by atoms with van der Waals surface area (Å²) in [6, 6.07) is 5.36. The van der Waals surface area contributed by atoms with Crippen molar-refractivity contribution in [1.82, 2.24) is 10.6 Å². The first kappa shape index (κ1) is 19.5. The van der Waals surface area contributed by atoms with Crippen molar-refractivity contribution in [3.05, 3.63) is 29.3 Å². The SMILES string of the molecule is CCNC(=O)c1ccc(NC(=O)CC2CCNCC2)c(C)c1.Cl. The van der Waals surface area contributed by atoms with E-state index in [1.54, 1.807) is 12.1 Å². The molecule has 2 rings (SSSR count). The van der Waals surface area contributed by atoms with E-state index in [0.717, 1.165) is 37.2 Å². The quantitative estimate of drug-likeness (QED) is 0.772. The van der Waals surface area contributed by atoms with Gasteiger partial charge in [-0.2, -0.15) is 0 Å². The van der Waals surface area contributed by atoms with Gasteiger partial charge in [-0.15, -0.1) is 12.4 Å². The van der Waals surface area contributed by atoms with Crippen LogP contribution in [0, 0.1) is 12.8 Å². The van der Waals surface area contributed by atoms with Crippen molar-refractivity contribution in [2.45, 2.75) is 33.1 Å². The molecule has 0 spiro atoms. The predicted molar refractivity (Wildman–Crippen MR) is 95.3 cm³/mol. The van der Waals surface area contributed by atoms with E-state index in [0.29, 0.717) is 24.4 Å². The van der Waals surface area contributed by atoms with E-state index in [1.165, 1.54) is 0 Å². The fraction of sp³-hybridized carbons (Fsp3) is 0.529. The summed E-state index contributed by atoms with van der Waals surface area (Å²) in [4.78, 5) is 23.9. The lowest BCUT2D eigenvalue weighted by molar-refractivity contribution is -0.117. The van der Waals surface area contributed by atoms with Crippen molar-refractivity contribution >= 4 is 29.9 Å². The van der Waals surface area contributed by atoms with Crippen LogP contribution in [0.25, 0.3) is 0 Å². The van der Waals surface area contributed by atoms with Crippen LogP contribution in [0.15, 0.2) is 18.2 Å². The van der Waals surface area contributed by atoms with Crippen LogP contribution in [0.5, 0.6) is 0 Å². The van der Waals surface area contributed by atoms with Crippen molar-refractivity contribution in [1.29, 1.82) is 0 Å². The van der Waals surface area contributed by atoms with Crippen LogP contribution in [0.3, 0.4) is 0 Å². The third-order valence-electron chi connectivity index (χ3n) is 4.03. The summed E-state index contributed by atoms with van der Waals surface area (Å²) in [5.74, 6) is 0.440. The number of anilines is 1. The van der Waals surface area contributed by atoms with Crippen molar-refractivity contribution in [2.24, 2.45) is 5.92 Å². The molecule has 0 radical (unpaired) electrons. The maximum atomic E-state index is 12.1. The maximum Gasteiger partial charge on any atom is 0.251 e. The van der Waals surface area contributed by atoms with Crippen LogP contribution in [0.2, 0.25) is 0 Å². The molecule has 1 aromatic rings. The molecule has 23 heavy (non-hydrogen) atoms. The first-order valence-corrected chi connectivity index (χ1v) is 7.99. The van der Waals surface area contributed by atoms with E-state index in [4.69, 9.17) is 0 Å². The first-order chi connectivity index (χ1) is 10.6. The van der Waals surface area contributed by atoms with Gasteiger partial charge < -0.3 is 16.0 Å². The summed E-state index contributed by atoms with van der Waals surface area (Å²) < 4.78 is 0. The average Bonchev–Trinajstić information content (AvgIpc) is 2.50. The lowest BCUT2D eigenvalue weighted by Gasteiger charge is -2.22. The first-order valence-electron chi connectivity index (χ1n) is 7.99. The van der Waals surface area contributed by atoms with E-state index in [2.05, 4.69) is 16.0 Å². The molecule has 0 aliphatic carbocycles. The van der Waals surface area contributed by atoms with Crippen LogP contribution in [-0.4, -0.2) is 31.4 Å². The molecule has 1 fully saturated rings. The lowest BCUT2D eigenvalue weighted by Crippen LogP contribution is -2.30. The highest BCUT2D eigenvalue weighted by molar-refractivity contribution is 5.96. The summed E-state index contributed by atoms with van der Waals surface area (Å²) in [7, 11) is 0. The Bertz CT molecular complexity index is 543. The van der Waals surface area contributed by atoms with Crippen molar-refractivity contribution in [3.63, 3.8) is 0 Å². The Morgan fingerprint density at radius 2 is 1.96 bits per heavy atom. The number of hydrogen-bond donors (Lipinski definition) is 3. The van der Waals surface area contributed by atoms with Gasteiger partial charge in [-0.05, 0) is 69.5 Å². The van der Waals surface area contributed by atoms with E-state index in [9.17, 15) is 9.59 Å².